The van der Waals surface area contributed by atoms with Crippen LogP contribution in [0.4, 0.5) is 0 Å². The molecule has 0 radical (unpaired) electrons. The number of benzene rings is 1. The molecule has 2 aromatic heterocycles. The fourth-order valence-corrected chi connectivity index (χ4v) is 4.06. The van der Waals surface area contributed by atoms with Gasteiger partial charge in [-0.2, -0.15) is 0 Å². The second-order valence-electron chi connectivity index (χ2n) is 6.89. The molecule has 0 spiro atoms. The lowest BCUT2D eigenvalue weighted by Gasteiger charge is -2.26. The van der Waals surface area contributed by atoms with Crippen LogP contribution in [0.5, 0.6) is 0 Å². The number of aliphatic hydroxyl groups excluding tert-OH is 1. The van der Waals surface area contributed by atoms with Gasteiger partial charge in [0.2, 0.25) is 0 Å². The molecule has 0 saturated carbocycles. The minimum absolute atomic E-state index is 0.114. The number of rotatable bonds is 5. The van der Waals surface area contributed by atoms with Crippen LogP contribution in [-0.2, 0) is 13.0 Å². The number of imidazole rings is 1. The summed E-state index contributed by atoms with van der Waals surface area (Å²) in [7, 11) is 0. The minimum atomic E-state index is -0.662. The van der Waals surface area contributed by atoms with Gasteiger partial charge in [-0.05, 0) is 41.8 Å². The van der Waals surface area contributed by atoms with Crippen molar-refractivity contribution < 1.29 is 9.63 Å². The molecule has 0 amide bonds. The zero-order chi connectivity index (χ0) is 18.3. The molecule has 1 aromatic carbocycles. The van der Waals surface area contributed by atoms with E-state index in [-0.39, 0.29) is 17.8 Å². The van der Waals surface area contributed by atoms with Crippen molar-refractivity contribution in [3.05, 3.63) is 50.7 Å². The third-order valence-corrected chi connectivity index (χ3v) is 5.41. The van der Waals surface area contributed by atoms with E-state index in [9.17, 15) is 9.90 Å². The Bertz CT molecular complexity index is 976. The van der Waals surface area contributed by atoms with Crippen molar-refractivity contribution in [1.82, 2.24) is 20.0 Å². The zero-order valence-corrected chi connectivity index (χ0v) is 16.0. The number of aliphatic hydroxyl groups is 1. The Hall–Kier alpha value is -1.90. The fraction of sp³-hybridized carbons (Fsp3) is 0.444. The maximum atomic E-state index is 12.2. The smallest absolute Gasteiger partial charge is 0.326 e. The Balaban J connectivity index is 1.49. The molecule has 3 aromatic rings. The van der Waals surface area contributed by atoms with Crippen molar-refractivity contribution in [2.45, 2.75) is 50.9 Å². The molecule has 4 rings (SSSR count). The molecule has 0 unspecified atom stereocenters. The van der Waals surface area contributed by atoms with Crippen LogP contribution in [0.2, 0.25) is 0 Å². The SMILES string of the molecule is C[C@H](CCc1cc(Br)no1)N[C@@H]1CCn2c(=O)[nH]c3cccc(c32)[C@H]1O. The standard InChI is InChI=1S/C18H21BrN4O3/c1-10(5-6-11-9-15(19)22-26-11)20-14-7-8-23-16-12(17(14)24)3-2-4-13(16)21-18(23)25/h2-4,9-10,14,17,20,24H,5-8H2,1H3,(H,21,25)/t10-,14-,17-/m1/s1. The van der Waals surface area contributed by atoms with E-state index in [1.165, 1.54) is 0 Å². The molecule has 0 aliphatic carbocycles. The van der Waals surface area contributed by atoms with E-state index < -0.39 is 6.10 Å². The highest BCUT2D eigenvalue weighted by molar-refractivity contribution is 9.10. The number of hydrogen-bond acceptors (Lipinski definition) is 5. The van der Waals surface area contributed by atoms with Crippen LogP contribution in [0.1, 0.15) is 37.2 Å². The summed E-state index contributed by atoms with van der Waals surface area (Å²) in [4.78, 5) is 15.0. The van der Waals surface area contributed by atoms with Crippen molar-refractivity contribution in [3.8, 4) is 0 Å². The van der Waals surface area contributed by atoms with Crippen LogP contribution in [0.15, 0.2) is 38.2 Å². The van der Waals surface area contributed by atoms with Gasteiger partial charge in [0.1, 0.15) is 10.4 Å². The number of para-hydroxylation sites is 1. The first-order valence-electron chi connectivity index (χ1n) is 8.79. The van der Waals surface area contributed by atoms with E-state index in [4.69, 9.17) is 4.52 Å². The molecule has 3 N–H and O–H groups in total. The highest BCUT2D eigenvalue weighted by atomic mass is 79.9. The Morgan fingerprint density at radius 3 is 3.15 bits per heavy atom. The number of H-pyrrole nitrogens is 1. The lowest BCUT2D eigenvalue weighted by atomic mass is 9.98. The molecule has 1 aliphatic rings. The monoisotopic (exact) mass is 420 g/mol. The highest BCUT2D eigenvalue weighted by Crippen LogP contribution is 2.30. The van der Waals surface area contributed by atoms with Crippen LogP contribution in [0, 0.1) is 0 Å². The van der Waals surface area contributed by atoms with Gasteiger partial charge in [0, 0.05) is 36.7 Å². The van der Waals surface area contributed by atoms with Gasteiger partial charge in [-0.1, -0.05) is 17.3 Å². The Kier molecular flexibility index (Phi) is 4.73. The van der Waals surface area contributed by atoms with Gasteiger partial charge in [0.05, 0.1) is 17.1 Å². The van der Waals surface area contributed by atoms with Gasteiger partial charge in [0.15, 0.2) is 0 Å². The molecule has 0 bridgehead atoms. The number of hydrogen-bond donors (Lipinski definition) is 3. The predicted molar refractivity (Wildman–Crippen MR) is 101 cm³/mol. The quantitative estimate of drug-likeness (QED) is 0.589. The van der Waals surface area contributed by atoms with Gasteiger partial charge in [-0.3, -0.25) is 4.57 Å². The molecule has 0 fully saturated rings. The van der Waals surface area contributed by atoms with Crippen molar-refractivity contribution in [1.29, 1.82) is 0 Å². The largest absolute Gasteiger partial charge is 0.387 e. The summed E-state index contributed by atoms with van der Waals surface area (Å²) in [5.74, 6) is 0.833. The van der Waals surface area contributed by atoms with Gasteiger partial charge >= 0.3 is 5.69 Å². The first kappa shape index (κ1) is 17.5. The van der Waals surface area contributed by atoms with Crippen molar-refractivity contribution >= 4 is 27.0 Å². The summed E-state index contributed by atoms with van der Waals surface area (Å²) in [5, 5.41) is 18.3. The summed E-state index contributed by atoms with van der Waals surface area (Å²) in [6.07, 6.45) is 1.65. The van der Waals surface area contributed by atoms with Crippen LogP contribution in [0.25, 0.3) is 11.0 Å². The average molecular weight is 421 g/mol. The molecular formula is C18H21BrN4O3. The summed E-state index contributed by atoms with van der Waals surface area (Å²) >= 11 is 3.28. The molecule has 1 aliphatic heterocycles. The molecule has 3 heterocycles. The number of nitrogens with zero attached hydrogens (tertiary/aromatic N) is 2. The third kappa shape index (κ3) is 3.24. The van der Waals surface area contributed by atoms with Crippen molar-refractivity contribution in [2.75, 3.05) is 0 Å². The van der Waals surface area contributed by atoms with E-state index in [0.717, 1.165) is 35.2 Å². The minimum Gasteiger partial charge on any atom is -0.387 e. The summed E-state index contributed by atoms with van der Waals surface area (Å²) in [6.45, 7) is 2.67. The molecule has 3 atom stereocenters. The van der Waals surface area contributed by atoms with E-state index in [1.54, 1.807) is 4.57 Å². The van der Waals surface area contributed by atoms with Gasteiger partial charge in [0.25, 0.3) is 0 Å². The second kappa shape index (κ2) is 7.02. The Morgan fingerprint density at radius 1 is 1.54 bits per heavy atom. The van der Waals surface area contributed by atoms with E-state index >= 15 is 0 Å². The first-order valence-corrected chi connectivity index (χ1v) is 9.59. The molecule has 138 valence electrons. The van der Waals surface area contributed by atoms with E-state index in [2.05, 4.69) is 38.3 Å². The van der Waals surface area contributed by atoms with Crippen LogP contribution in [-0.4, -0.2) is 31.9 Å². The Labute approximate surface area is 158 Å². The number of aromatic amines is 1. The molecular weight excluding hydrogens is 400 g/mol. The second-order valence-corrected chi connectivity index (χ2v) is 7.70. The average Bonchev–Trinajstić information content (AvgIpc) is 3.14. The fourth-order valence-electron chi connectivity index (χ4n) is 3.73. The first-order chi connectivity index (χ1) is 12.5. The predicted octanol–water partition coefficient (Wildman–Crippen LogP) is 2.50. The summed E-state index contributed by atoms with van der Waals surface area (Å²) < 4.78 is 7.64. The van der Waals surface area contributed by atoms with Gasteiger partial charge in [-0.15, -0.1) is 0 Å². The lowest BCUT2D eigenvalue weighted by Crippen LogP contribution is -2.41. The van der Waals surface area contributed by atoms with Gasteiger partial charge in [-0.25, -0.2) is 4.79 Å². The summed E-state index contributed by atoms with van der Waals surface area (Å²) in [5.41, 5.74) is 2.26. The number of aryl methyl sites for hydroxylation is 2. The molecule has 7 nitrogen and oxygen atoms in total. The highest BCUT2D eigenvalue weighted by Gasteiger charge is 2.29. The van der Waals surface area contributed by atoms with E-state index in [1.807, 2.05) is 24.3 Å². The van der Waals surface area contributed by atoms with Crippen LogP contribution >= 0.6 is 15.9 Å². The maximum absolute atomic E-state index is 12.2. The number of halogens is 1. The zero-order valence-electron chi connectivity index (χ0n) is 14.4. The van der Waals surface area contributed by atoms with E-state index in [0.29, 0.717) is 17.6 Å². The lowest BCUT2D eigenvalue weighted by molar-refractivity contribution is 0.118. The van der Waals surface area contributed by atoms with Crippen LogP contribution < -0.4 is 11.0 Å². The van der Waals surface area contributed by atoms with Crippen molar-refractivity contribution in [2.24, 2.45) is 0 Å². The summed E-state index contributed by atoms with van der Waals surface area (Å²) in [6, 6.07) is 7.58. The number of nitrogens with one attached hydrogen (secondary N) is 2. The molecule has 26 heavy (non-hydrogen) atoms. The topological polar surface area (TPSA) is 96.1 Å². The number of aromatic nitrogens is 3. The van der Waals surface area contributed by atoms with Gasteiger partial charge < -0.3 is 19.9 Å². The van der Waals surface area contributed by atoms with Crippen LogP contribution in [0.3, 0.4) is 0 Å². The Morgan fingerprint density at radius 2 is 2.38 bits per heavy atom. The normalized spacial score (nSPS) is 21.0. The van der Waals surface area contributed by atoms with Crippen molar-refractivity contribution in [3.63, 3.8) is 0 Å². The third-order valence-electron chi connectivity index (χ3n) is 5.04. The molecule has 8 heteroatoms. The molecule has 0 saturated heterocycles. The maximum Gasteiger partial charge on any atom is 0.326 e.